The number of nitrogens with zero attached hydrogens (tertiary/aromatic N) is 2. The fourth-order valence-electron chi connectivity index (χ4n) is 2.42. The number of benzene rings is 2. The SMILES string of the molecule is Cc1nc(-c2c(C)ccc(O)c2N)c2ccccc2n1. The van der Waals surface area contributed by atoms with Crippen LogP contribution in [0.5, 0.6) is 5.75 Å². The molecule has 3 N–H and O–H groups in total. The number of nitrogen functional groups attached to an aromatic ring is 1. The van der Waals surface area contributed by atoms with E-state index in [-0.39, 0.29) is 5.75 Å². The molecule has 4 nitrogen and oxygen atoms in total. The molecule has 0 spiro atoms. The predicted octanol–water partition coefficient (Wildman–Crippen LogP) is 3.20. The van der Waals surface area contributed by atoms with Crippen LogP contribution in [0.25, 0.3) is 22.2 Å². The quantitative estimate of drug-likeness (QED) is 0.523. The molecule has 0 amide bonds. The molecule has 3 rings (SSSR count). The Morgan fingerprint density at radius 1 is 1.00 bits per heavy atom. The van der Waals surface area contributed by atoms with Gasteiger partial charge in [-0.1, -0.05) is 24.3 Å². The van der Waals surface area contributed by atoms with Crippen molar-refractivity contribution in [1.82, 2.24) is 9.97 Å². The van der Waals surface area contributed by atoms with Gasteiger partial charge in [0.1, 0.15) is 11.6 Å². The van der Waals surface area contributed by atoms with E-state index in [0.717, 1.165) is 27.7 Å². The largest absolute Gasteiger partial charge is 0.506 e. The second kappa shape index (κ2) is 4.49. The zero-order chi connectivity index (χ0) is 14.3. The van der Waals surface area contributed by atoms with Crippen molar-refractivity contribution in [1.29, 1.82) is 0 Å². The maximum Gasteiger partial charge on any atom is 0.139 e. The van der Waals surface area contributed by atoms with Crippen molar-refractivity contribution in [2.45, 2.75) is 13.8 Å². The van der Waals surface area contributed by atoms with E-state index in [1.807, 2.05) is 44.2 Å². The van der Waals surface area contributed by atoms with E-state index in [1.54, 1.807) is 6.07 Å². The van der Waals surface area contributed by atoms with E-state index in [4.69, 9.17) is 5.73 Å². The molecule has 2 aromatic carbocycles. The highest BCUT2D eigenvalue weighted by atomic mass is 16.3. The van der Waals surface area contributed by atoms with Crippen molar-refractivity contribution >= 4 is 16.6 Å². The molecule has 0 atom stereocenters. The van der Waals surface area contributed by atoms with Crippen molar-refractivity contribution in [3.05, 3.63) is 47.8 Å². The zero-order valence-corrected chi connectivity index (χ0v) is 11.4. The molecule has 0 fully saturated rings. The Morgan fingerprint density at radius 2 is 1.75 bits per heavy atom. The molecule has 1 heterocycles. The number of para-hydroxylation sites is 1. The molecule has 0 saturated heterocycles. The molecule has 4 heteroatoms. The van der Waals surface area contributed by atoms with Crippen LogP contribution in [-0.4, -0.2) is 15.1 Å². The summed E-state index contributed by atoms with van der Waals surface area (Å²) < 4.78 is 0. The van der Waals surface area contributed by atoms with E-state index in [2.05, 4.69) is 9.97 Å². The fourth-order valence-corrected chi connectivity index (χ4v) is 2.42. The Morgan fingerprint density at radius 3 is 2.55 bits per heavy atom. The average molecular weight is 265 g/mol. The van der Waals surface area contributed by atoms with Crippen molar-refractivity contribution in [3.8, 4) is 17.0 Å². The fraction of sp³-hybridized carbons (Fsp3) is 0.125. The molecular weight excluding hydrogens is 250 g/mol. The normalized spacial score (nSPS) is 10.9. The third kappa shape index (κ3) is 1.86. The number of aromatic nitrogens is 2. The predicted molar refractivity (Wildman–Crippen MR) is 80.5 cm³/mol. The highest BCUT2D eigenvalue weighted by Crippen LogP contribution is 2.37. The molecular formula is C16H15N3O. The Balaban J connectivity index is 2.44. The van der Waals surface area contributed by atoms with Gasteiger partial charge in [0.05, 0.1) is 16.9 Å². The highest BCUT2D eigenvalue weighted by molar-refractivity contribution is 5.97. The number of phenols is 1. The van der Waals surface area contributed by atoms with Crippen LogP contribution < -0.4 is 5.73 Å². The van der Waals surface area contributed by atoms with Gasteiger partial charge in [-0.2, -0.15) is 0 Å². The summed E-state index contributed by atoms with van der Waals surface area (Å²) in [6.07, 6.45) is 0. The summed E-state index contributed by atoms with van der Waals surface area (Å²) in [6, 6.07) is 11.2. The number of nitrogens with two attached hydrogens (primary N) is 1. The topological polar surface area (TPSA) is 72.0 Å². The van der Waals surface area contributed by atoms with Crippen LogP contribution in [0.1, 0.15) is 11.4 Å². The van der Waals surface area contributed by atoms with E-state index in [9.17, 15) is 5.11 Å². The van der Waals surface area contributed by atoms with Crippen LogP contribution in [0, 0.1) is 13.8 Å². The van der Waals surface area contributed by atoms with E-state index >= 15 is 0 Å². The van der Waals surface area contributed by atoms with Crippen LogP contribution in [0.15, 0.2) is 36.4 Å². The first-order chi connectivity index (χ1) is 9.58. The maximum absolute atomic E-state index is 9.86. The van der Waals surface area contributed by atoms with E-state index in [1.165, 1.54) is 0 Å². The molecule has 0 aliphatic carbocycles. The lowest BCUT2D eigenvalue weighted by Crippen LogP contribution is -1.99. The zero-order valence-electron chi connectivity index (χ0n) is 11.4. The van der Waals surface area contributed by atoms with Crippen LogP contribution in [0.2, 0.25) is 0 Å². The standard InChI is InChI=1S/C16H15N3O/c1-9-7-8-13(20)15(17)14(9)16-11-5-3-4-6-12(11)18-10(2)19-16/h3-8,20H,17H2,1-2H3. The van der Waals surface area contributed by atoms with Gasteiger partial charge < -0.3 is 10.8 Å². The number of phenolic OH excluding ortho intramolecular Hbond substituents is 1. The van der Waals surface area contributed by atoms with Gasteiger partial charge in [0, 0.05) is 10.9 Å². The number of aromatic hydroxyl groups is 1. The summed E-state index contributed by atoms with van der Waals surface area (Å²) in [6.45, 7) is 3.81. The minimum Gasteiger partial charge on any atom is -0.506 e. The van der Waals surface area contributed by atoms with Gasteiger partial charge in [-0.3, -0.25) is 0 Å². The molecule has 100 valence electrons. The molecule has 0 radical (unpaired) electrons. The van der Waals surface area contributed by atoms with E-state index in [0.29, 0.717) is 11.5 Å². The minimum atomic E-state index is 0.0750. The molecule has 3 aromatic rings. The lowest BCUT2D eigenvalue weighted by atomic mass is 9.99. The average Bonchev–Trinajstić information content (AvgIpc) is 2.43. The summed E-state index contributed by atoms with van der Waals surface area (Å²) in [5, 5.41) is 10.8. The third-order valence-electron chi connectivity index (χ3n) is 3.38. The summed E-state index contributed by atoms with van der Waals surface area (Å²) in [5.74, 6) is 0.756. The van der Waals surface area contributed by atoms with Gasteiger partial charge in [0.2, 0.25) is 0 Å². The third-order valence-corrected chi connectivity index (χ3v) is 3.38. The number of rotatable bonds is 1. The summed E-state index contributed by atoms with van der Waals surface area (Å²) >= 11 is 0. The molecule has 0 unspecified atom stereocenters. The van der Waals surface area contributed by atoms with E-state index < -0.39 is 0 Å². The first-order valence-corrected chi connectivity index (χ1v) is 6.39. The van der Waals surface area contributed by atoms with Gasteiger partial charge in [-0.25, -0.2) is 9.97 Å². The lowest BCUT2D eigenvalue weighted by Gasteiger charge is -2.13. The van der Waals surface area contributed by atoms with Gasteiger partial charge >= 0.3 is 0 Å². The Hall–Kier alpha value is -2.62. The Kier molecular flexibility index (Phi) is 2.79. The lowest BCUT2D eigenvalue weighted by molar-refractivity contribution is 0.478. The van der Waals surface area contributed by atoms with Crippen LogP contribution in [-0.2, 0) is 0 Å². The molecule has 0 aliphatic heterocycles. The maximum atomic E-state index is 9.86. The molecule has 1 aromatic heterocycles. The van der Waals surface area contributed by atoms with Crippen molar-refractivity contribution in [2.24, 2.45) is 0 Å². The second-order valence-electron chi connectivity index (χ2n) is 4.83. The molecule has 20 heavy (non-hydrogen) atoms. The Bertz CT molecular complexity index is 812. The number of hydrogen-bond acceptors (Lipinski definition) is 4. The monoisotopic (exact) mass is 265 g/mol. The van der Waals surface area contributed by atoms with Crippen LogP contribution in [0.3, 0.4) is 0 Å². The molecule has 0 saturated carbocycles. The van der Waals surface area contributed by atoms with Gasteiger partial charge in [-0.15, -0.1) is 0 Å². The number of hydrogen-bond donors (Lipinski definition) is 2. The summed E-state index contributed by atoms with van der Waals surface area (Å²) in [7, 11) is 0. The van der Waals surface area contributed by atoms with Crippen LogP contribution in [0.4, 0.5) is 5.69 Å². The molecule has 0 aliphatic rings. The van der Waals surface area contributed by atoms with Crippen molar-refractivity contribution < 1.29 is 5.11 Å². The van der Waals surface area contributed by atoms with Gasteiger partial charge in [-0.05, 0) is 31.5 Å². The molecule has 0 bridgehead atoms. The summed E-state index contributed by atoms with van der Waals surface area (Å²) in [4.78, 5) is 8.96. The number of aryl methyl sites for hydroxylation is 2. The van der Waals surface area contributed by atoms with Crippen molar-refractivity contribution in [3.63, 3.8) is 0 Å². The second-order valence-corrected chi connectivity index (χ2v) is 4.83. The summed E-state index contributed by atoms with van der Waals surface area (Å²) in [5.41, 5.74) is 9.78. The van der Waals surface area contributed by atoms with Gasteiger partial charge in [0.25, 0.3) is 0 Å². The first kappa shape index (κ1) is 12.4. The van der Waals surface area contributed by atoms with Crippen molar-refractivity contribution in [2.75, 3.05) is 5.73 Å². The van der Waals surface area contributed by atoms with Gasteiger partial charge in [0.15, 0.2) is 0 Å². The minimum absolute atomic E-state index is 0.0750. The highest BCUT2D eigenvalue weighted by Gasteiger charge is 2.15. The first-order valence-electron chi connectivity index (χ1n) is 6.39. The number of anilines is 1. The Labute approximate surface area is 116 Å². The smallest absolute Gasteiger partial charge is 0.139 e. The number of fused-ring (bicyclic) bond motifs is 1. The van der Waals surface area contributed by atoms with Crippen LogP contribution >= 0.6 is 0 Å².